The molecule has 3 aromatic rings. The number of benzene rings is 2. The summed E-state index contributed by atoms with van der Waals surface area (Å²) in [5.41, 5.74) is 9.25. The van der Waals surface area contributed by atoms with E-state index in [9.17, 15) is 0 Å². The van der Waals surface area contributed by atoms with Gasteiger partial charge in [-0.05, 0) is 29.8 Å². The van der Waals surface area contributed by atoms with E-state index in [0.717, 1.165) is 16.6 Å². The average molecular weight is 283 g/mol. The fourth-order valence-corrected chi connectivity index (χ4v) is 2.46. The molecule has 3 rings (SSSR count). The molecule has 2 aromatic carbocycles. The molecule has 1 aromatic heterocycles. The third-order valence-electron chi connectivity index (χ3n) is 3.17. The van der Waals surface area contributed by atoms with Crippen LogP contribution < -0.4 is 5.73 Å². The van der Waals surface area contributed by atoms with Crippen molar-refractivity contribution in [2.24, 2.45) is 0 Å². The van der Waals surface area contributed by atoms with Crippen LogP contribution in [0.5, 0.6) is 0 Å². The first kappa shape index (κ1) is 12.5. The van der Waals surface area contributed by atoms with Crippen LogP contribution in [-0.2, 0) is 6.54 Å². The van der Waals surface area contributed by atoms with Crippen LogP contribution in [0, 0.1) is 11.3 Å². The highest BCUT2D eigenvalue weighted by atomic mass is 35.5. The number of fused-ring (bicyclic) bond motifs is 1. The van der Waals surface area contributed by atoms with Gasteiger partial charge >= 0.3 is 0 Å². The Morgan fingerprint density at radius 2 is 1.95 bits per heavy atom. The molecule has 0 unspecified atom stereocenters. The van der Waals surface area contributed by atoms with E-state index < -0.39 is 0 Å². The zero-order chi connectivity index (χ0) is 14.1. The third kappa shape index (κ3) is 2.09. The second-order valence-corrected chi connectivity index (χ2v) is 4.88. The van der Waals surface area contributed by atoms with Crippen LogP contribution >= 0.6 is 11.6 Å². The molecule has 0 saturated heterocycles. The Balaban J connectivity index is 2.06. The summed E-state index contributed by atoms with van der Waals surface area (Å²) in [5, 5.41) is 9.43. The van der Waals surface area contributed by atoms with Crippen molar-refractivity contribution < 1.29 is 0 Å². The number of nitrogens with two attached hydrogens (primary N) is 1. The first-order chi connectivity index (χ1) is 9.69. The molecule has 0 radical (unpaired) electrons. The molecule has 20 heavy (non-hydrogen) atoms. The van der Waals surface area contributed by atoms with Crippen molar-refractivity contribution in [1.29, 1.82) is 5.26 Å². The molecule has 2 N–H and O–H groups in total. The maximum atomic E-state index is 8.80. The van der Waals surface area contributed by atoms with Crippen molar-refractivity contribution >= 4 is 28.6 Å². The first-order valence-electron chi connectivity index (χ1n) is 6.08. The van der Waals surface area contributed by atoms with E-state index in [-0.39, 0.29) is 0 Å². The zero-order valence-corrected chi connectivity index (χ0v) is 11.3. The van der Waals surface area contributed by atoms with Gasteiger partial charge in [0, 0.05) is 0 Å². The maximum absolute atomic E-state index is 8.80. The van der Waals surface area contributed by atoms with Gasteiger partial charge < -0.3 is 10.3 Å². The van der Waals surface area contributed by atoms with Crippen LogP contribution in [0.4, 0.5) is 5.95 Å². The van der Waals surface area contributed by atoms with Gasteiger partial charge in [0.2, 0.25) is 5.95 Å². The van der Waals surface area contributed by atoms with Crippen molar-refractivity contribution in [2.45, 2.75) is 6.54 Å². The summed E-state index contributed by atoms with van der Waals surface area (Å²) in [6, 6.07) is 15.0. The van der Waals surface area contributed by atoms with Crippen LogP contribution in [-0.4, -0.2) is 9.55 Å². The third-order valence-corrected chi connectivity index (χ3v) is 3.48. The number of nitrogens with zero attached hydrogens (tertiary/aromatic N) is 3. The first-order valence-corrected chi connectivity index (χ1v) is 6.46. The van der Waals surface area contributed by atoms with Crippen LogP contribution in [0.3, 0.4) is 0 Å². The summed E-state index contributed by atoms with van der Waals surface area (Å²) >= 11 is 6.23. The number of anilines is 1. The molecule has 0 saturated carbocycles. The van der Waals surface area contributed by atoms with Gasteiger partial charge in [-0.3, -0.25) is 0 Å². The molecule has 1 heterocycles. The minimum atomic E-state index is 0.428. The average Bonchev–Trinajstić information content (AvgIpc) is 2.77. The fraction of sp³-hybridized carbons (Fsp3) is 0.0667. The van der Waals surface area contributed by atoms with E-state index in [0.29, 0.717) is 23.1 Å². The zero-order valence-electron chi connectivity index (χ0n) is 10.5. The molecule has 0 bridgehead atoms. The Morgan fingerprint density at radius 1 is 1.20 bits per heavy atom. The molecule has 98 valence electrons. The predicted molar refractivity (Wildman–Crippen MR) is 79.4 cm³/mol. The van der Waals surface area contributed by atoms with E-state index in [1.165, 1.54) is 0 Å². The number of imidazole rings is 1. The summed E-state index contributed by atoms with van der Waals surface area (Å²) in [6.07, 6.45) is 0. The van der Waals surface area contributed by atoms with E-state index in [4.69, 9.17) is 22.6 Å². The second kappa shape index (κ2) is 4.87. The Bertz CT molecular complexity index is 812. The van der Waals surface area contributed by atoms with E-state index in [1.54, 1.807) is 12.1 Å². The van der Waals surface area contributed by atoms with E-state index >= 15 is 0 Å². The van der Waals surface area contributed by atoms with Crippen molar-refractivity contribution in [1.82, 2.24) is 9.55 Å². The molecule has 0 fully saturated rings. The molecule has 0 amide bonds. The Kier molecular flexibility index (Phi) is 3.05. The van der Waals surface area contributed by atoms with Crippen LogP contribution in [0.1, 0.15) is 11.1 Å². The molecule has 5 heteroatoms. The van der Waals surface area contributed by atoms with E-state index in [1.807, 2.05) is 34.9 Å². The number of para-hydroxylation sites is 1. The number of nitriles is 1. The molecule has 0 aliphatic carbocycles. The van der Waals surface area contributed by atoms with E-state index in [2.05, 4.69) is 11.1 Å². The molecular formula is C15H11ClN4. The maximum Gasteiger partial charge on any atom is 0.201 e. The predicted octanol–water partition coefficient (Wildman–Crippen LogP) is 3.19. The fourth-order valence-electron chi connectivity index (χ4n) is 2.19. The highest BCUT2D eigenvalue weighted by Gasteiger charge is 2.11. The number of nitrogen functional groups attached to an aromatic ring is 1. The quantitative estimate of drug-likeness (QED) is 0.785. The Hall–Kier alpha value is -2.51. The standard InChI is InChI=1S/C15H11ClN4/c16-12-2-1-3-13-14(12)20(15(18)19-13)9-11-6-4-10(8-17)5-7-11/h1-7H,9H2,(H2,18,19). The van der Waals surface area contributed by atoms with Gasteiger partial charge in [-0.25, -0.2) is 4.98 Å². The summed E-state index contributed by atoms with van der Waals surface area (Å²) in [5.74, 6) is 0.428. The second-order valence-electron chi connectivity index (χ2n) is 4.47. The molecule has 0 spiro atoms. The number of hydrogen-bond acceptors (Lipinski definition) is 3. The molecule has 4 nitrogen and oxygen atoms in total. The van der Waals surface area contributed by atoms with Gasteiger partial charge in [0.1, 0.15) is 0 Å². The normalized spacial score (nSPS) is 10.6. The molecule has 0 aliphatic heterocycles. The lowest BCUT2D eigenvalue weighted by atomic mass is 10.1. The van der Waals surface area contributed by atoms with Gasteiger partial charge in [-0.15, -0.1) is 0 Å². The lowest BCUT2D eigenvalue weighted by Crippen LogP contribution is -2.04. The monoisotopic (exact) mass is 282 g/mol. The SMILES string of the molecule is N#Cc1ccc(Cn2c(N)nc3cccc(Cl)c32)cc1. The van der Waals surface area contributed by atoms with Gasteiger partial charge in [-0.2, -0.15) is 5.26 Å². The Labute approximate surface area is 121 Å². The topological polar surface area (TPSA) is 67.6 Å². The lowest BCUT2D eigenvalue weighted by molar-refractivity contribution is 0.838. The van der Waals surface area contributed by atoms with Crippen molar-refractivity contribution in [2.75, 3.05) is 5.73 Å². The van der Waals surface area contributed by atoms with Crippen molar-refractivity contribution in [3.63, 3.8) is 0 Å². The summed E-state index contributed by atoms with van der Waals surface area (Å²) in [4.78, 5) is 4.31. The van der Waals surface area contributed by atoms with Crippen LogP contribution in [0.25, 0.3) is 11.0 Å². The van der Waals surface area contributed by atoms with Gasteiger partial charge in [-0.1, -0.05) is 29.8 Å². The van der Waals surface area contributed by atoms with Crippen LogP contribution in [0.15, 0.2) is 42.5 Å². The molecule has 0 aliphatic rings. The van der Waals surface area contributed by atoms with Gasteiger partial charge in [0.25, 0.3) is 0 Å². The van der Waals surface area contributed by atoms with Crippen molar-refractivity contribution in [3.8, 4) is 6.07 Å². The summed E-state index contributed by atoms with van der Waals surface area (Å²) < 4.78 is 1.87. The molecule has 0 atom stereocenters. The van der Waals surface area contributed by atoms with Gasteiger partial charge in [0.15, 0.2) is 0 Å². The highest BCUT2D eigenvalue weighted by Crippen LogP contribution is 2.26. The Morgan fingerprint density at radius 3 is 2.65 bits per heavy atom. The number of aromatic nitrogens is 2. The number of rotatable bonds is 2. The van der Waals surface area contributed by atoms with Crippen LogP contribution in [0.2, 0.25) is 5.02 Å². The minimum Gasteiger partial charge on any atom is -0.369 e. The smallest absolute Gasteiger partial charge is 0.201 e. The van der Waals surface area contributed by atoms with Gasteiger partial charge in [0.05, 0.1) is 34.2 Å². The summed E-state index contributed by atoms with van der Waals surface area (Å²) in [6.45, 7) is 0.567. The highest BCUT2D eigenvalue weighted by molar-refractivity contribution is 6.35. The lowest BCUT2D eigenvalue weighted by Gasteiger charge is -2.07. The van der Waals surface area contributed by atoms with Crippen molar-refractivity contribution in [3.05, 3.63) is 58.6 Å². The number of hydrogen-bond donors (Lipinski definition) is 1. The molecular weight excluding hydrogens is 272 g/mol. The largest absolute Gasteiger partial charge is 0.369 e. The minimum absolute atomic E-state index is 0.428. The summed E-state index contributed by atoms with van der Waals surface area (Å²) in [7, 11) is 0. The number of halogens is 1.